The number of nitrogens with one attached hydrogen (secondary N) is 1. The van der Waals surface area contributed by atoms with Gasteiger partial charge in [-0.3, -0.25) is 0 Å². The number of benzene rings is 2. The quantitative estimate of drug-likeness (QED) is 0.698. The zero-order chi connectivity index (χ0) is 14.8. The van der Waals surface area contributed by atoms with Crippen molar-refractivity contribution in [2.75, 3.05) is 11.1 Å². The van der Waals surface area contributed by atoms with E-state index in [9.17, 15) is 5.26 Å². The second kappa shape index (κ2) is 5.14. The SMILES string of the molecule is Cc1cccc(Nc2ccc3cc(N)ccc3n2)c1C#N. The number of nitrogen functional groups attached to an aromatic ring is 1. The van der Waals surface area contributed by atoms with Crippen LogP contribution >= 0.6 is 0 Å². The summed E-state index contributed by atoms with van der Waals surface area (Å²) in [6, 6.07) is 17.4. The summed E-state index contributed by atoms with van der Waals surface area (Å²) in [6.07, 6.45) is 0. The molecule has 4 nitrogen and oxygen atoms in total. The number of nitriles is 1. The van der Waals surface area contributed by atoms with Gasteiger partial charge in [0.1, 0.15) is 11.9 Å². The number of nitrogens with zero attached hydrogens (tertiary/aromatic N) is 2. The summed E-state index contributed by atoms with van der Waals surface area (Å²) in [7, 11) is 0. The fraction of sp³-hybridized carbons (Fsp3) is 0.0588. The number of hydrogen-bond acceptors (Lipinski definition) is 4. The highest BCUT2D eigenvalue weighted by atomic mass is 15.0. The third kappa shape index (κ3) is 2.49. The average molecular weight is 274 g/mol. The van der Waals surface area contributed by atoms with E-state index in [1.165, 1.54) is 0 Å². The molecule has 4 heteroatoms. The van der Waals surface area contributed by atoms with Crippen molar-refractivity contribution in [1.29, 1.82) is 5.26 Å². The summed E-state index contributed by atoms with van der Waals surface area (Å²) in [6.45, 7) is 1.92. The third-order valence-electron chi connectivity index (χ3n) is 3.36. The van der Waals surface area contributed by atoms with Crippen LogP contribution in [0.5, 0.6) is 0 Å². The number of nitrogens with two attached hydrogens (primary N) is 1. The number of fused-ring (bicyclic) bond motifs is 1. The molecule has 0 fully saturated rings. The Balaban J connectivity index is 2.01. The van der Waals surface area contributed by atoms with E-state index in [0.717, 1.165) is 27.8 Å². The monoisotopic (exact) mass is 274 g/mol. The van der Waals surface area contributed by atoms with E-state index in [0.29, 0.717) is 11.4 Å². The molecule has 0 saturated carbocycles. The normalized spacial score (nSPS) is 10.3. The highest BCUT2D eigenvalue weighted by Crippen LogP contribution is 2.24. The van der Waals surface area contributed by atoms with Crippen molar-refractivity contribution in [2.24, 2.45) is 0 Å². The highest BCUT2D eigenvalue weighted by molar-refractivity contribution is 5.84. The van der Waals surface area contributed by atoms with Crippen molar-refractivity contribution in [3.63, 3.8) is 0 Å². The first-order valence-electron chi connectivity index (χ1n) is 6.60. The van der Waals surface area contributed by atoms with Crippen LogP contribution in [0.4, 0.5) is 17.2 Å². The van der Waals surface area contributed by atoms with Crippen LogP contribution < -0.4 is 11.1 Å². The maximum Gasteiger partial charge on any atom is 0.131 e. The van der Waals surface area contributed by atoms with Crippen LogP contribution in [0.1, 0.15) is 11.1 Å². The second-order valence-corrected chi connectivity index (χ2v) is 4.88. The first-order valence-corrected chi connectivity index (χ1v) is 6.60. The molecule has 0 unspecified atom stereocenters. The molecule has 102 valence electrons. The van der Waals surface area contributed by atoms with Crippen molar-refractivity contribution >= 4 is 28.1 Å². The van der Waals surface area contributed by atoms with E-state index in [2.05, 4.69) is 16.4 Å². The van der Waals surface area contributed by atoms with Crippen molar-refractivity contribution in [2.45, 2.75) is 6.92 Å². The Labute approximate surface area is 122 Å². The van der Waals surface area contributed by atoms with Crippen LogP contribution in [0.25, 0.3) is 10.9 Å². The Morgan fingerprint density at radius 1 is 1.14 bits per heavy atom. The smallest absolute Gasteiger partial charge is 0.131 e. The minimum Gasteiger partial charge on any atom is -0.399 e. The summed E-state index contributed by atoms with van der Waals surface area (Å²) < 4.78 is 0. The summed E-state index contributed by atoms with van der Waals surface area (Å²) in [5.74, 6) is 0.703. The molecule has 1 heterocycles. The van der Waals surface area contributed by atoms with Gasteiger partial charge in [0.2, 0.25) is 0 Å². The molecule has 0 radical (unpaired) electrons. The van der Waals surface area contributed by atoms with Gasteiger partial charge in [0.05, 0.1) is 16.8 Å². The topological polar surface area (TPSA) is 74.7 Å². The van der Waals surface area contributed by atoms with Gasteiger partial charge < -0.3 is 11.1 Å². The Kier molecular flexibility index (Phi) is 3.17. The van der Waals surface area contributed by atoms with E-state index >= 15 is 0 Å². The Hall–Kier alpha value is -3.06. The van der Waals surface area contributed by atoms with Crippen LogP contribution in [0.3, 0.4) is 0 Å². The highest BCUT2D eigenvalue weighted by Gasteiger charge is 2.06. The van der Waals surface area contributed by atoms with Crippen molar-refractivity contribution in [1.82, 2.24) is 4.98 Å². The van der Waals surface area contributed by atoms with Crippen LogP contribution in [0.2, 0.25) is 0 Å². The Morgan fingerprint density at radius 3 is 2.81 bits per heavy atom. The van der Waals surface area contributed by atoms with Crippen LogP contribution in [-0.2, 0) is 0 Å². The largest absolute Gasteiger partial charge is 0.399 e. The minimum absolute atomic E-state index is 0.636. The molecule has 3 aromatic rings. The molecule has 0 spiro atoms. The van der Waals surface area contributed by atoms with Crippen molar-refractivity contribution < 1.29 is 0 Å². The van der Waals surface area contributed by atoms with Gasteiger partial charge in [0.25, 0.3) is 0 Å². The third-order valence-corrected chi connectivity index (χ3v) is 3.36. The van der Waals surface area contributed by atoms with Gasteiger partial charge in [0, 0.05) is 11.1 Å². The van der Waals surface area contributed by atoms with Crippen molar-refractivity contribution in [3.05, 3.63) is 59.7 Å². The second-order valence-electron chi connectivity index (χ2n) is 4.88. The molecule has 3 rings (SSSR count). The fourth-order valence-electron chi connectivity index (χ4n) is 2.27. The van der Waals surface area contributed by atoms with Gasteiger partial charge >= 0.3 is 0 Å². The number of anilines is 3. The van der Waals surface area contributed by atoms with Gasteiger partial charge in [-0.1, -0.05) is 12.1 Å². The molecule has 0 atom stereocenters. The van der Waals surface area contributed by atoms with Crippen LogP contribution in [0, 0.1) is 18.3 Å². The number of pyridine rings is 1. The number of aryl methyl sites for hydroxylation is 1. The zero-order valence-electron chi connectivity index (χ0n) is 11.6. The lowest BCUT2D eigenvalue weighted by Crippen LogP contribution is -1.98. The molecule has 0 aliphatic heterocycles. The summed E-state index contributed by atoms with van der Waals surface area (Å²) >= 11 is 0. The predicted molar refractivity (Wildman–Crippen MR) is 85.3 cm³/mol. The molecule has 2 aromatic carbocycles. The van der Waals surface area contributed by atoms with Gasteiger partial charge in [0.15, 0.2) is 0 Å². The molecule has 1 aromatic heterocycles. The molecule has 21 heavy (non-hydrogen) atoms. The molecule has 0 aliphatic rings. The molecule has 0 saturated heterocycles. The molecular formula is C17H14N4. The van der Waals surface area contributed by atoms with E-state index in [-0.39, 0.29) is 0 Å². The van der Waals surface area contributed by atoms with E-state index < -0.39 is 0 Å². The van der Waals surface area contributed by atoms with E-state index in [4.69, 9.17) is 5.73 Å². The van der Waals surface area contributed by atoms with Crippen molar-refractivity contribution in [3.8, 4) is 6.07 Å². The molecular weight excluding hydrogens is 260 g/mol. The van der Waals surface area contributed by atoms with Crippen LogP contribution in [-0.4, -0.2) is 4.98 Å². The predicted octanol–water partition coefficient (Wildman–Crippen LogP) is 3.74. The molecule has 0 amide bonds. The lowest BCUT2D eigenvalue weighted by atomic mass is 10.1. The summed E-state index contributed by atoms with van der Waals surface area (Å²) in [5, 5.41) is 13.5. The van der Waals surface area contributed by atoms with E-state index in [1.54, 1.807) is 0 Å². The first-order chi connectivity index (χ1) is 10.2. The van der Waals surface area contributed by atoms with Gasteiger partial charge in [-0.15, -0.1) is 0 Å². The molecule has 0 aliphatic carbocycles. The van der Waals surface area contributed by atoms with Gasteiger partial charge in [-0.2, -0.15) is 5.26 Å². The minimum atomic E-state index is 0.636. The van der Waals surface area contributed by atoms with Gasteiger partial charge in [-0.25, -0.2) is 4.98 Å². The first kappa shape index (κ1) is 12.9. The lowest BCUT2D eigenvalue weighted by molar-refractivity contribution is 1.34. The number of rotatable bonds is 2. The Bertz CT molecular complexity index is 862. The number of aromatic nitrogens is 1. The zero-order valence-corrected chi connectivity index (χ0v) is 11.6. The Morgan fingerprint density at radius 2 is 2.00 bits per heavy atom. The average Bonchev–Trinajstić information content (AvgIpc) is 2.48. The van der Waals surface area contributed by atoms with E-state index in [1.807, 2.05) is 55.5 Å². The molecule has 0 bridgehead atoms. The lowest BCUT2D eigenvalue weighted by Gasteiger charge is -2.10. The standard InChI is InChI=1S/C17H14N4/c1-11-3-2-4-16(14(11)10-18)21-17-8-5-12-9-13(19)6-7-15(12)20-17/h2-9H,19H2,1H3,(H,20,21). The summed E-state index contributed by atoms with van der Waals surface area (Å²) in [5.41, 5.74) is 9.68. The fourth-order valence-corrected chi connectivity index (χ4v) is 2.27. The summed E-state index contributed by atoms with van der Waals surface area (Å²) in [4.78, 5) is 4.54. The molecule has 3 N–H and O–H groups in total. The number of hydrogen-bond donors (Lipinski definition) is 2. The maximum absolute atomic E-state index is 9.26. The maximum atomic E-state index is 9.26. The van der Waals surface area contributed by atoms with Crippen LogP contribution in [0.15, 0.2) is 48.5 Å². The van der Waals surface area contributed by atoms with Gasteiger partial charge in [-0.05, 0) is 48.9 Å².